The van der Waals surface area contributed by atoms with Crippen molar-refractivity contribution < 1.29 is 9.90 Å². The highest BCUT2D eigenvalue weighted by Crippen LogP contribution is 2.25. The molecule has 2 N–H and O–H groups in total. The number of carbonyl (C=O) groups is 1. The largest absolute Gasteiger partial charge is 0.506 e. The molecule has 98 valence electrons. The van der Waals surface area contributed by atoms with Gasteiger partial charge >= 0.3 is 0 Å². The van der Waals surface area contributed by atoms with Crippen LogP contribution in [0.1, 0.15) is 20.2 Å². The van der Waals surface area contributed by atoms with Gasteiger partial charge < -0.3 is 10.4 Å². The summed E-state index contributed by atoms with van der Waals surface area (Å²) in [6.07, 6.45) is 5.14. The van der Waals surface area contributed by atoms with Crippen LogP contribution in [0.3, 0.4) is 0 Å². The van der Waals surface area contributed by atoms with E-state index in [0.29, 0.717) is 9.90 Å². The lowest BCUT2D eigenvalue weighted by Crippen LogP contribution is -2.16. The molecule has 0 atom stereocenters. The first kappa shape index (κ1) is 13.6. The van der Waals surface area contributed by atoms with E-state index >= 15 is 0 Å². The van der Waals surface area contributed by atoms with Gasteiger partial charge in [0.05, 0.1) is 11.2 Å². The van der Waals surface area contributed by atoms with Crippen molar-refractivity contribution in [2.24, 2.45) is 0 Å². The zero-order valence-electron chi connectivity index (χ0n) is 10.1. The van der Waals surface area contributed by atoms with Crippen LogP contribution in [-0.4, -0.2) is 23.0 Å². The van der Waals surface area contributed by atoms with E-state index in [0.717, 1.165) is 10.6 Å². The fraction of sp³-hybridized carbons (Fsp3) is 0.0769. The molecule has 4 nitrogen and oxygen atoms in total. The molecule has 0 unspecified atom stereocenters. The minimum absolute atomic E-state index is 0.0509. The first-order chi connectivity index (χ1) is 9.10. The van der Waals surface area contributed by atoms with Gasteiger partial charge in [0.2, 0.25) is 0 Å². The predicted octanol–water partition coefficient (Wildman–Crippen LogP) is 3.03. The number of phenols is 1. The molecule has 1 heterocycles. The van der Waals surface area contributed by atoms with E-state index in [1.165, 1.54) is 23.6 Å². The summed E-state index contributed by atoms with van der Waals surface area (Å²) < 4.78 is 0. The maximum atomic E-state index is 11.4. The predicted molar refractivity (Wildman–Crippen MR) is 77.5 cm³/mol. The van der Waals surface area contributed by atoms with E-state index in [1.54, 1.807) is 25.3 Å². The van der Waals surface area contributed by atoms with Gasteiger partial charge in [-0.2, -0.15) is 0 Å². The van der Waals surface area contributed by atoms with Gasteiger partial charge in [0.15, 0.2) is 0 Å². The summed E-state index contributed by atoms with van der Waals surface area (Å²) in [5.41, 5.74) is 0.847. The number of nitrogens with one attached hydrogen (secondary N) is 1. The van der Waals surface area contributed by atoms with Crippen LogP contribution < -0.4 is 5.32 Å². The molecule has 0 fully saturated rings. The van der Waals surface area contributed by atoms with Crippen LogP contribution >= 0.6 is 22.9 Å². The van der Waals surface area contributed by atoms with Crippen molar-refractivity contribution in [2.75, 3.05) is 7.05 Å². The van der Waals surface area contributed by atoms with Crippen molar-refractivity contribution in [1.29, 1.82) is 0 Å². The SMILES string of the molecule is CNC(=O)c1cnc(C=Cc2ccc(O)c(Cl)c2)s1. The fourth-order valence-electron chi connectivity index (χ4n) is 1.39. The Morgan fingerprint density at radius 3 is 2.95 bits per heavy atom. The van der Waals surface area contributed by atoms with Crippen molar-refractivity contribution >= 4 is 41.0 Å². The molecule has 0 bridgehead atoms. The highest BCUT2D eigenvalue weighted by Gasteiger charge is 2.06. The van der Waals surface area contributed by atoms with Gasteiger partial charge in [-0.15, -0.1) is 11.3 Å². The lowest BCUT2D eigenvalue weighted by Gasteiger charge is -1.97. The third-order valence-corrected chi connectivity index (χ3v) is 3.63. The molecule has 0 saturated heterocycles. The number of hydrogen-bond donors (Lipinski definition) is 2. The summed E-state index contributed by atoms with van der Waals surface area (Å²) in [5.74, 6) is -0.0974. The Balaban J connectivity index is 2.16. The third-order valence-electron chi connectivity index (χ3n) is 2.36. The Hall–Kier alpha value is -1.85. The number of carbonyl (C=O) groups excluding carboxylic acids is 1. The van der Waals surface area contributed by atoms with E-state index in [4.69, 9.17) is 11.6 Å². The molecule has 2 aromatic rings. The molecule has 0 aliphatic heterocycles. The van der Waals surface area contributed by atoms with Gasteiger partial charge in [0.1, 0.15) is 15.6 Å². The topological polar surface area (TPSA) is 62.2 Å². The number of benzene rings is 1. The van der Waals surface area contributed by atoms with E-state index in [2.05, 4.69) is 10.3 Å². The number of phenolic OH excluding ortho intramolecular Hbond substituents is 1. The van der Waals surface area contributed by atoms with Gasteiger partial charge in [-0.1, -0.05) is 23.7 Å². The minimum atomic E-state index is -0.148. The molecule has 19 heavy (non-hydrogen) atoms. The summed E-state index contributed by atoms with van der Waals surface area (Å²) >= 11 is 7.11. The maximum Gasteiger partial charge on any atom is 0.262 e. The summed E-state index contributed by atoms with van der Waals surface area (Å²) in [5, 5.41) is 12.9. The van der Waals surface area contributed by atoms with Crippen LogP contribution in [0.2, 0.25) is 5.02 Å². The number of aromatic nitrogens is 1. The van der Waals surface area contributed by atoms with Gasteiger partial charge in [-0.3, -0.25) is 4.79 Å². The number of thiazole rings is 1. The Kier molecular flexibility index (Phi) is 4.19. The average molecular weight is 295 g/mol. The molecule has 0 radical (unpaired) electrons. The van der Waals surface area contributed by atoms with Crippen molar-refractivity contribution in [3.63, 3.8) is 0 Å². The lowest BCUT2D eigenvalue weighted by atomic mass is 10.2. The number of halogens is 1. The second kappa shape index (κ2) is 5.86. The molecule has 6 heteroatoms. The van der Waals surface area contributed by atoms with Gasteiger partial charge in [0, 0.05) is 7.05 Å². The number of nitrogens with zero attached hydrogens (tertiary/aromatic N) is 1. The summed E-state index contributed by atoms with van der Waals surface area (Å²) in [6.45, 7) is 0. The molecule has 0 aliphatic rings. The standard InChI is InChI=1S/C13H11ClN2O2S/c1-15-13(18)11-7-16-12(19-11)5-3-8-2-4-10(17)9(14)6-8/h2-7,17H,1H3,(H,15,18). The number of rotatable bonds is 3. The first-order valence-corrected chi connectivity index (χ1v) is 6.64. The Morgan fingerprint density at radius 1 is 1.47 bits per heavy atom. The molecule has 0 aliphatic carbocycles. The van der Waals surface area contributed by atoms with Crippen molar-refractivity contribution in [3.8, 4) is 5.75 Å². The highest BCUT2D eigenvalue weighted by atomic mass is 35.5. The second-order valence-electron chi connectivity index (χ2n) is 3.69. The quantitative estimate of drug-likeness (QED) is 0.914. The molecular weight excluding hydrogens is 284 g/mol. The van der Waals surface area contributed by atoms with E-state index in [9.17, 15) is 9.90 Å². The normalized spacial score (nSPS) is 10.8. The monoisotopic (exact) mass is 294 g/mol. The summed E-state index contributed by atoms with van der Waals surface area (Å²) in [6, 6.07) is 4.92. The van der Waals surface area contributed by atoms with Gasteiger partial charge in [-0.05, 0) is 23.8 Å². The molecule has 1 amide bonds. The Labute approximate surface area is 119 Å². The summed E-state index contributed by atoms with van der Waals surface area (Å²) in [7, 11) is 1.58. The van der Waals surface area contributed by atoms with E-state index in [1.807, 2.05) is 6.08 Å². The number of hydrogen-bond acceptors (Lipinski definition) is 4. The van der Waals surface area contributed by atoms with Gasteiger partial charge in [0.25, 0.3) is 5.91 Å². The van der Waals surface area contributed by atoms with Gasteiger partial charge in [-0.25, -0.2) is 4.98 Å². The van der Waals surface area contributed by atoms with Crippen LogP contribution in [-0.2, 0) is 0 Å². The number of aromatic hydroxyl groups is 1. The van der Waals surface area contributed by atoms with Crippen molar-refractivity contribution in [1.82, 2.24) is 10.3 Å². The zero-order chi connectivity index (χ0) is 13.8. The van der Waals surface area contributed by atoms with Crippen LogP contribution in [0.25, 0.3) is 12.2 Å². The third kappa shape index (κ3) is 3.33. The summed E-state index contributed by atoms with van der Waals surface area (Å²) in [4.78, 5) is 16.1. The molecule has 2 rings (SSSR count). The van der Waals surface area contributed by atoms with Crippen molar-refractivity contribution in [3.05, 3.63) is 44.9 Å². The maximum absolute atomic E-state index is 11.4. The van der Waals surface area contributed by atoms with E-state index in [-0.39, 0.29) is 11.7 Å². The van der Waals surface area contributed by atoms with Crippen LogP contribution in [0.5, 0.6) is 5.75 Å². The molecular formula is C13H11ClN2O2S. The number of amides is 1. The molecule has 0 spiro atoms. The Morgan fingerprint density at radius 2 is 2.26 bits per heavy atom. The fourth-order valence-corrected chi connectivity index (χ4v) is 2.34. The molecule has 0 saturated carbocycles. The lowest BCUT2D eigenvalue weighted by molar-refractivity contribution is 0.0967. The van der Waals surface area contributed by atoms with Crippen molar-refractivity contribution in [2.45, 2.75) is 0 Å². The first-order valence-electron chi connectivity index (χ1n) is 5.44. The second-order valence-corrected chi connectivity index (χ2v) is 5.16. The minimum Gasteiger partial charge on any atom is -0.506 e. The van der Waals surface area contributed by atoms with Crippen LogP contribution in [0.15, 0.2) is 24.4 Å². The smallest absolute Gasteiger partial charge is 0.262 e. The van der Waals surface area contributed by atoms with E-state index < -0.39 is 0 Å². The molecule has 1 aromatic heterocycles. The molecule has 1 aromatic carbocycles. The zero-order valence-corrected chi connectivity index (χ0v) is 11.6. The average Bonchev–Trinajstić information content (AvgIpc) is 2.88. The van der Waals surface area contributed by atoms with Crippen LogP contribution in [0.4, 0.5) is 0 Å². The Bertz CT molecular complexity index is 637. The van der Waals surface area contributed by atoms with Crippen LogP contribution in [0, 0.1) is 0 Å². The highest BCUT2D eigenvalue weighted by molar-refractivity contribution is 7.14.